The summed E-state index contributed by atoms with van der Waals surface area (Å²) in [5.74, 6) is -0.468. The third-order valence-electron chi connectivity index (χ3n) is 4.90. The van der Waals surface area contributed by atoms with Gasteiger partial charge in [-0.05, 0) is 42.8 Å². The molecule has 0 aliphatic carbocycles. The van der Waals surface area contributed by atoms with Crippen LogP contribution in [0.2, 0.25) is 0 Å². The molecule has 1 saturated heterocycles. The van der Waals surface area contributed by atoms with Gasteiger partial charge in [-0.3, -0.25) is 4.79 Å². The number of benzene rings is 2. The number of alkyl halides is 2. The van der Waals surface area contributed by atoms with Gasteiger partial charge < -0.3 is 23.6 Å². The van der Waals surface area contributed by atoms with Crippen LogP contribution in [-0.2, 0) is 16.1 Å². The molecule has 11 heteroatoms. The molecule has 172 valence electrons. The lowest BCUT2D eigenvalue weighted by atomic mass is 10.2. The average molecular weight is 459 g/mol. The van der Waals surface area contributed by atoms with Gasteiger partial charge in [-0.1, -0.05) is 11.2 Å². The summed E-state index contributed by atoms with van der Waals surface area (Å²) in [5.41, 5.74) is 1.35. The second kappa shape index (κ2) is 9.63. The zero-order valence-corrected chi connectivity index (χ0v) is 17.5. The predicted molar refractivity (Wildman–Crippen MR) is 110 cm³/mol. The summed E-state index contributed by atoms with van der Waals surface area (Å²) in [6.45, 7) is -2.65. The van der Waals surface area contributed by atoms with Gasteiger partial charge in [0.1, 0.15) is 0 Å². The maximum atomic E-state index is 12.5. The summed E-state index contributed by atoms with van der Waals surface area (Å²) in [7, 11) is 1.31. The highest BCUT2D eigenvalue weighted by Gasteiger charge is 2.23. The zero-order valence-electron chi connectivity index (χ0n) is 17.5. The number of rotatable bonds is 8. The molecule has 0 unspecified atom stereocenters. The fraction of sp³-hybridized carbons (Fsp3) is 0.273. The van der Waals surface area contributed by atoms with Crippen LogP contribution in [0.15, 0.2) is 47.0 Å². The van der Waals surface area contributed by atoms with Gasteiger partial charge in [0.2, 0.25) is 11.7 Å². The number of methoxy groups -OCH3 is 1. The molecular formula is C22H19F2N3O6. The lowest BCUT2D eigenvalue weighted by Crippen LogP contribution is -2.23. The van der Waals surface area contributed by atoms with Crippen LogP contribution in [0.3, 0.4) is 0 Å². The van der Waals surface area contributed by atoms with Crippen molar-refractivity contribution in [2.45, 2.75) is 26.1 Å². The first-order valence-electron chi connectivity index (χ1n) is 9.98. The number of amides is 1. The average Bonchev–Trinajstić information content (AvgIpc) is 3.46. The number of aromatic nitrogens is 2. The number of hydrogen-bond donors (Lipinski definition) is 0. The minimum Gasteiger partial charge on any atom is -0.493 e. The molecule has 0 saturated carbocycles. The topological polar surface area (TPSA) is 104 Å². The van der Waals surface area contributed by atoms with E-state index < -0.39 is 12.6 Å². The molecular weight excluding hydrogens is 440 g/mol. The van der Waals surface area contributed by atoms with Crippen LogP contribution in [0.1, 0.15) is 29.1 Å². The first-order chi connectivity index (χ1) is 15.9. The minimum atomic E-state index is -2.99. The van der Waals surface area contributed by atoms with E-state index in [1.54, 1.807) is 29.2 Å². The molecule has 0 atom stereocenters. The normalized spacial score (nSPS) is 13.5. The van der Waals surface area contributed by atoms with Gasteiger partial charge in [0, 0.05) is 24.2 Å². The van der Waals surface area contributed by atoms with Crippen LogP contribution in [-0.4, -0.2) is 42.3 Å². The smallest absolute Gasteiger partial charge is 0.387 e. The summed E-state index contributed by atoms with van der Waals surface area (Å²) in [5, 5.41) is 3.81. The molecule has 2 aromatic carbocycles. The van der Waals surface area contributed by atoms with Crippen LogP contribution in [0, 0.1) is 0 Å². The van der Waals surface area contributed by atoms with Crippen molar-refractivity contribution in [1.82, 2.24) is 10.1 Å². The van der Waals surface area contributed by atoms with Gasteiger partial charge >= 0.3 is 12.6 Å². The zero-order chi connectivity index (χ0) is 23.4. The molecule has 0 N–H and O–H groups in total. The largest absolute Gasteiger partial charge is 0.493 e. The molecule has 1 aliphatic heterocycles. The Morgan fingerprint density at radius 1 is 1.21 bits per heavy atom. The lowest BCUT2D eigenvalue weighted by molar-refractivity contribution is -0.117. The van der Waals surface area contributed by atoms with Crippen LogP contribution in [0.5, 0.6) is 11.5 Å². The Kier molecular flexibility index (Phi) is 6.48. The minimum absolute atomic E-state index is 0.0179. The third kappa shape index (κ3) is 5.08. The van der Waals surface area contributed by atoms with Crippen molar-refractivity contribution in [3.63, 3.8) is 0 Å². The van der Waals surface area contributed by atoms with E-state index >= 15 is 0 Å². The second-order valence-electron chi connectivity index (χ2n) is 7.03. The number of ether oxygens (including phenoxy) is 3. The Labute approximate surface area is 186 Å². The highest BCUT2D eigenvalue weighted by molar-refractivity contribution is 5.97. The molecule has 1 fully saturated rings. The number of carbonyl (C=O) groups excluding carboxylic acids is 2. The molecule has 0 bridgehead atoms. The number of nitrogens with zero attached hydrogens (tertiary/aromatic N) is 3. The SMILES string of the molecule is COc1cc(-c2noc(COC(=O)c3cccc(N4CCCC4=O)c3)n2)ccc1OC(F)F. The van der Waals surface area contributed by atoms with E-state index in [1.165, 1.54) is 25.3 Å². The Bertz CT molecular complexity index is 1170. The third-order valence-corrected chi connectivity index (χ3v) is 4.90. The number of halogens is 2. The van der Waals surface area contributed by atoms with Crippen LogP contribution < -0.4 is 14.4 Å². The Balaban J connectivity index is 1.41. The van der Waals surface area contributed by atoms with E-state index in [-0.39, 0.29) is 41.3 Å². The molecule has 1 aromatic heterocycles. The Morgan fingerprint density at radius 3 is 2.79 bits per heavy atom. The lowest BCUT2D eigenvalue weighted by Gasteiger charge is -2.16. The van der Waals surface area contributed by atoms with Gasteiger partial charge in [0.15, 0.2) is 18.1 Å². The first-order valence-corrected chi connectivity index (χ1v) is 9.98. The van der Waals surface area contributed by atoms with E-state index in [9.17, 15) is 18.4 Å². The maximum Gasteiger partial charge on any atom is 0.387 e. The van der Waals surface area contributed by atoms with Crippen molar-refractivity contribution in [1.29, 1.82) is 0 Å². The fourth-order valence-electron chi connectivity index (χ4n) is 3.36. The van der Waals surface area contributed by atoms with Gasteiger partial charge in [0.05, 0.1) is 12.7 Å². The molecule has 0 spiro atoms. The van der Waals surface area contributed by atoms with Gasteiger partial charge in [0.25, 0.3) is 5.89 Å². The van der Waals surface area contributed by atoms with E-state index in [0.717, 1.165) is 6.42 Å². The monoisotopic (exact) mass is 459 g/mol. The maximum absolute atomic E-state index is 12.5. The van der Waals surface area contributed by atoms with E-state index in [2.05, 4.69) is 14.9 Å². The summed E-state index contributed by atoms with van der Waals surface area (Å²) >= 11 is 0. The standard InChI is InChI=1S/C22H19F2N3O6/c1-30-17-11-13(7-8-16(17)32-22(23)24)20-25-18(33-26-20)12-31-21(29)14-4-2-5-15(10-14)27-9-3-6-19(27)28/h2,4-5,7-8,10-11,22H,3,6,9,12H2,1H3. The second-order valence-corrected chi connectivity index (χ2v) is 7.03. The molecule has 3 aromatic rings. The molecule has 4 rings (SSSR count). The van der Waals surface area contributed by atoms with E-state index in [0.29, 0.717) is 24.2 Å². The van der Waals surface area contributed by atoms with Crippen molar-refractivity contribution in [3.05, 3.63) is 53.9 Å². The summed E-state index contributed by atoms with van der Waals surface area (Å²) in [6, 6.07) is 10.8. The van der Waals surface area contributed by atoms with Crippen molar-refractivity contribution in [2.24, 2.45) is 0 Å². The number of carbonyl (C=O) groups is 2. The Hall–Kier alpha value is -4.02. The highest BCUT2D eigenvalue weighted by atomic mass is 19.3. The van der Waals surface area contributed by atoms with Crippen molar-refractivity contribution >= 4 is 17.6 Å². The molecule has 33 heavy (non-hydrogen) atoms. The Morgan fingerprint density at radius 2 is 2.06 bits per heavy atom. The van der Waals surface area contributed by atoms with Gasteiger partial charge in [-0.15, -0.1) is 0 Å². The quantitative estimate of drug-likeness (QED) is 0.468. The molecule has 1 amide bonds. The van der Waals surface area contributed by atoms with Crippen LogP contribution in [0.25, 0.3) is 11.4 Å². The molecule has 0 radical (unpaired) electrons. The molecule has 2 heterocycles. The van der Waals surface area contributed by atoms with Crippen molar-refractivity contribution in [3.8, 4) is 22.9 Å². The van der Waals surface area contributed by atoms with Gasteiger partial charge in [-0.2, -0.15) is 13.8 Å². The predicted octanol–water partition coefficient (Wildman–Crippen LogP) is 3.83. The fourth-order valence-corrected chi connectivity index (χ4v) is 3.36. The summed E-state index contributed by atoms with van der Waals surface area (Å²) in [6.07, 6.45) is 1.27. The molecule has 1 aliphatic rings. The van der Waals surface area contributed by atoms with Crippen molar-refractivity contribution < 1.29 is 37.1 Å². The van der Waals surface area contributed by atoms with E-state index in [4.69, 9.17) is 14.0 Å². The summed E-state index contributed by atoms with van der Waals surface area (Å²) < 4.78 is 44.8. The number of esters is 1. The number of anilines is 1. The van der Waals surface area contributed by atoms with Crippen molar-refractivity contribution in [2.75, 3.05) is 18.6 Å². The molecule has 9 nitrogen and oxygen atoms in total. The van der Waals surface area contributed by atoms with Crippen LogP contribution >= 0.6 is 0 Å². The highest BCUT2D eigenvalue weighted by Crippen LogP contribution is 2.32. The van der Waals surface area contributed by atoms with Gasteiger partial charge in [-0.25, -0.2) is 4.79 Å². The van der Waals surface area contributed by atoms with Crippen LogP contribution in [0.4, 0.5) is 14.5 Å². The number of hydrogen-bond acceptors (Lipinski definition) is 8. The van der Waals surface area contributed by atoms with E-state index in [1.807, 2.05) is 0 Å². The summed E-state index contributed by atoms with van der Waals surface area (Å²) in [4.78, 5) is 30.2. The first kappa shape index (κ1) is 22.2.